The summed E-state index contributed by atoms with van der Waals surface area (Å²) in [7, 11) is 0. The second-order valence-corrected chi connectivity index (χ2v) is 3.22. The van der Waals surface area contributed by atoms with Crippen LogP contribution in [-0.4, -0.2) is 6.71 Å². The molecule has 0 aromatic rings. The average Bonchev–Trinajstić information content (AvgIpc) is 2.96. The van der Waals surface area contributed by atoms with Crippen LogP contribution in [0.1, 0.15) is 6.42 Å². The summed E-state index contributed by atoms with van der Waals surface area (Å²) in [5, 5.41) is 25.9. The van der Waals surface area contributed by atoms with Crippen LogP contribution in [0.25, 0.3) is 0 Å². The lowest BCUT2D eigenvalue weighted by Crippen LogP contribution is -2.20. The van der Waals surface area contributed by atoms with Gasteiger partial charge in [0.2, 0.25) is 12.1 Å². The lowest BCUT2D eigenvalue weighted by atomic mass is 9.46. The Morgan fingerprint density at radius 1 is 1.17 bits per heavy atom. The van der Waals surface area contributed by atoms with E-state index in [1.54, 1.807) is 18.2 Å². The Bertz CT molecular complexity index is 353. The highest BCUT2D eigenvalue weighted by molar-refractivity contribution is 6.91. The standard InChI is InChI=1S/C8H4BN3/c10-3-8(4-11,5-12)2-9-6-1-7(6)9/h1-2H2. The molecular weight excluding hydrogens is 149 g/mol. The quantitative estimate of drug-likeness (QED) is 0.551. The Kier molecular flexibility index (Phi) is 1.10. The third-order valence-corrected chi connectivity index (χ3v) is 2.51. The molecule has 12 heavy (non-hydrogen) atoms. The fourth-order valence-corrected chi connectivity index (χ4v) is 1.42. The molecule has 0 aromatic heterocycles. The first-order chi connectivity index (χ1) is 5.76. The zero-order chi connectivity index (χ0) is 8.77. The highest BCUT2D eigenvalue weighted by Crippen LogP contribution is 2.56. The van der Waals surface area contributed by atoms with Crippen molar-refractivity contribution in [3.8, 4) is 18.2 Å². The summed E-state index contributed by atoms with van der Waals surface area (Å²) in [4.78, 5) is 0. The van der Waals surface area contributed by atoms with Crippen molar-refractivity contribution in [1.29, 1.82) is 15.8 Å². The zero-order valence-electron chi connectivity index (χ0n) is 6.33. The van der Waals surface area contributed by atoms with Crippen LogP contribution in [0.4, 0.5) is 0 Å². The van der Waals surface area contributed by atoms with Gasteiger partial charge in [-0.2, -0.15) is 15.8 Å². The van der Waals surface area contributed by atoms with E-state index in [4.69, 9.17) is 15.8 Å². The van der Waals surface area contributed by atoms with Crippen LogP contribution in [0.2, 0.25) is 6.32 Å². The molecule has 4 heteroatoms. The molecule has 0 saturated heterocycles. The van der Waals surface area contributed by atoms with Crippen LogP contribution >= 0.6 is 0 Å². The molecule has 3 nitrogen and oxygen atoms in total. The van der Waals surface area contributed by atoms with E-state index < -0.39 is 5.41 Å². The van der Waals surface area contributed by atoms with E-state index >= 15 is 0 Å². The normalized spacial score (nSPS) is 17.2. The average molecular weight is 153 g/mol. The van der Waals surface area contributed by atoms with Crippen molar-refractivity contribution in [2.24, 2.45) is 5.41 Å². The molecule has 0 radical (unpaired) electrons. The minimum absolute atomic E-state index is 0.337. The van der Waals surface area contributed by atoms with Crippen LogP contribution < -0.4 is 0 Å². The third kappa shape index (κ3) is 0.743. The molecule has 0 N–H and O–H groups in total. The molecule has 0 atom stereocenters. The molecule has 0 unspecified atom stereocenters. The summed E-state index contributed by atoms with van der Waals surface area (Å²) in [5.41, 5.74) is 1.35. The highest BCUT2D eigenvalue weighted by atomic mass is 14.4. The zero-order valence-corrected chi connectivity index (χ0v) is 6.33. The molecule has 2 rings (SSSR count). The maximum absolute atomic E-state index is 8.64. The first kappa shape index (κ1) is 6.95. The summed E-state index contributed by atoms with van der Waals surface area (Å²) < 4.78 is 0. The predicted octanol–water partition coefficient (Wildman–Crippen LogP) is 0.831. The number of allylic oxidation sites excluding steroid dienone is 2. The van der Waals surface area contributed by atoms with Crippen molar-refractivity contribution in [2.45, 2.75) is 12.7 Å². The van der Waals surface area contributed by atoms with Crippen molar-refractivity contribution in [2.75, 3.05) is 0 Å². The smallest absolute Gasteiger partial charge is 0.195 e. The van der Waals surface area contributed by atoms with Gasteiger partial charge in [-0.25, -0.2) is 0 Å². The van der Waals surface area contributed by atoms with Gasteiger partial charge in [0.25, 0.3) is 0 Å². The number of hydrogen-bond donors (Lipinski definition) is 0. The summed E-state index contributed by atoms with van der Waals surface area (Å²) >= 11 is 0. The van der Waals surface area contributed by atoms with E-state index in [-0.39, 0.29) is 0 Å². The molecule has 0 spiro atoms. The Balaban J connectivity index is 2.04. The molecule has 54 valence electrons. The molecule has 1 aliphatic heterocycles. The molecule has 0 aromatic carbocycles. The van der Waals surface area contributed by atoms with Gasteiger partial charge < -0.3 is 0 Å². The Hall–Kier alpha value is -1.73. The first-order valence-electron chi connectivity index (χ1n) is 3.72. The lowest BCUT2D eigenvalue weighted by molar-refractivity contribution is 0.763. The first-order valence-corrected chi connectivity index (χ1v) is 3.72. The van der Waals surface area contributed by atoms with Gasteiger partial charge in [-0.05, 0) is 12.7 Å². The third-order valence-electron chi connectivity index (χ3n) is 2.51. The largest absolute Gasteiger partial charge is 0.223 e. The van der Waals surface area contributed by atoms with E-state index in [9.17, 15) is 0 Å². The van der Waals surface area contributed by atoms with Crippen molar-refractivity contribution < 1.29 is 0 Å². The summed E-state index contributed by atoms with van der Waals surface area (Å²) in [6.45, 7) is 0.337. The minimum atomic E-state index is -1.40. The van der Waals surface area contributed by atoms with E-state index in [1.807, 2.05) is 0 Å². The van der Waals surface area contributed by atoms with E-state index in [0.29, 0.717) is 13.0 Å². The maximum atomic E-state index is 8.64. The molecule has 1 aliphatic carbocycles. The highest BCUT2D eigenvalue weighted by Gasteiger charge is 2.55. The minimum Gasteiger partial charge on any atom is -0.195 e. The summed E-state index contributed by atoms with van der Waals surface area (Å²) in [5.74, 6) is 0. The van der Waals surface area contributed by atoms with Gasteiger partial charge >= 0.3 is 0 Å². The maximum Gasteiger partial charge on any atom is 0.223 e. The van der Waals surface area contributed by atoms with E-state index in [2.05, 4.69) is 0 Å². The molecule has 2 aliphatic rings. The van der Waals surface area contributed by atoms with E-state index in [1.165, 1.54) is 10.9 Å². The van der Waals surface area contributed by atoms with Crippen LogP contribution in [0.5, 0.6) is 0 Å². The molecular formula is C8H4BN3. The number of hydrogen-bond acceptors (Lipinski definition) is 3. The fourth-order valence-electron chi connectivity index (χ4n) is 1.42. The SMILES string of the molecule is N#CC(C#N)(C#N)CB1C2=C1C2. The van der Waals surface area contributed by atoms with Gasteiger partial charge in [0, 0.05) is 0 Å². The lowest BCUT2D eigenvalue weighted by Gasteiger charge is -2.09. The van der Waals surface area contributed by atoms with Gasteiger partial charge in [0.15, 0.2) is 0 Å². The number of rotatable bonds is 2. The van der Waals surface area contributed by atoms with Crippen molar-refractivity contribution in [3.63, 3.8) is 0 Å². The van der Waals surface area contributed by atoms with Crippen LogP contribution in [0.15, 0.2) is 10.9 Å². The number of nitriles is 3. The van der Waals surface area contributed by atoms with Crippen LogP contribution in [0.3, 0.4) is 0 Å². The second-order valence-electron chi connectivity index (χ2n) is 3.22. The van der Waals surface area contributed by atoms with Crippen molar-refractivity contribution in [1.82, 2.24) is 0 Å². The van der Waals surface area contributed by atoms with Crippen LogP contribution in [-0.2, 0) is 0 Å². The molecule has 0 saturated carbocycles. The Morgan fingerprint density at radius 2 is 1.67 bits per heavy atom. The van der Waals surface area contributed by atoms with Gasteiger partial charge in [-0.15, -0.1) is 10.9 Å². The molecule has 0 bridgehead atoms. The Morgan fingerprint density at radius 3 is 1.92 bits per heavy atom. The van der Waals surface area contributed by atoms with Crippen LogP contribution in [0, 0.1) is 39.4 Å². The predicted molar refractivity (Wildman–Crippen MR) is 41.5 cm³/mol. The van der Waals surface area contributed by atoms with Crippen molar-refractivity contribution >= 4 is 6.71 Å². The summed E-state index contributed by atoms with van der Waals surface area (Å²) in [6, 6.07) is 5.34. The Labute approximate surface area is 70.6 Å². The van der Waals surface area contributed by atoms with Crippen molar-refractivity contribution in [3.05, 3.63) is 10.9 Å². The topological polar surface area (TPSA) is 71.4 Å². The molecule has 0 fully saturated rings. The molecule has 0 amide bonds. The van der Waals surface area contributed by atoms with E-state index in [0.717, 1.165) is 6.42 Å². The fraction of sp³-hybridized carbons (Fsp3) is 0.375. The van der Waals surface area contributed by atoms with Gasteiger partial charge in [-0.1, -0.05) is 0 Å². The second kappa shape index (κ2) is 1.90. The van der Waals surface area contributed by atoms with Gasteiger partial charge in [-0.3, -0.25) is 0 Å². The van der Waals surface area contributed by atoms with Gasteiger partial charge in [0.1, 0.15) is 0 Å². The monoisotopic (exact) mass is 153 g/mol. The summed E-state index contributed by atoms with van der Waals surface area (Å²) in [6.07, 6.45) is 1.48. The molecule has 1 heterocycles. The van der Waals surface area contributed by atoms with Gasteiger partial charge in [0.05, 0.1) is 18.2 Å². The number of nitrogens with zero attached hydrogens (tertiary/aromatic N) is 3.